The van der Waals surface area contributed by atoms with Gasteiger partial charge in [0, 0.05) is 17.7 Å². The van der Waals surface area contributed by atoms with Crippen LogP contribution in [0.4, 0.5) is 14.6 Å². The molecular formula is C24H18F2N8O2. The van der Waals surface area contributed by atoms with Crippen LogP contribution in [0.25, 0.3) is 22.4 Å². The first kappa shape index (κ1) is 21.8. The standard InChI is InChI=1S/C24H18F2N8O2/c25-24(26,17-7-9-19-28-18(12-34(19)32-17)29-22(36)13-4-5-13)23-31-30-20-8-6-16(11-33(20)23)14-2-1-3-15(10-14)21(27)35/h1-3,6-13H,4-5H2,(H2,27,35)(H,29,36). The van der Waals surface area contributed by atoms with Crippen LogP contribution in [-0.2, 0) is 10.7 Å². The summed E-state index contributed by atoms with van der Waals surface area (Å²) in [5, 5.41) is 14.3. The van der Waals surface area contributed by atoms with Gasteiger partial charge in [-0.05, 0) is 60.4 Å². The van der Waals surface area contributed by atoms with Gasteiger partial charge in [0.25, 0.3) is 0 Å². The predicted octanol–water partition coefficient (Wildman–Crippen LogP) is 3.03. The van der Waals surface area contributed by atoms with Crippen LogP contribution >= 0.6 is 0 Å². The average molecular weight is 488 g/mol. The second-order valence-electron chi connectivity index (χ2n) is 8.60. The highest BCUT2D eigenvalue weighted by molar-refractivity contribution is 5.94. The zero-order chi connectivity index (χ0) is 25.0. The molecule has 5 aromatic rings. The fraction of sp³-hybridized carbons (Fsp3) is 0.167. The van der Waals surface area contributed by atoms with E-state index in [1.165, 1.54) is 27.4 Å². The summed E-state index contributed by atoms with van der Waals surface area (Å²) in [5.41, 5.74) is 6.81. The molecule has 6 rings (SSSR count). The number of nitrogens with one attached hydrogen (secondary N) is 1. The van der Waals surface area contributed by atoms with Crippen LogP contribution < -0.4 is 11.1 Å². The topological polar surface area (TPSA) is 133 Å². The van der Waals surface area contributed by atoms with Crippen molar-refractivity contribution < 1.29 is 18.4 Å². The van der Waals surface area contributed by atoms with Crippen LogP contribution in [0, 0.1) is 5.92 Å². The molecule has 1 aliphatic rings. The van der Waals surface area contributed by atoms with Gasteiger partial charge in [0.1, 0.15) is 5.69 Å². The fourth-order valence-corrected chi connectivity index (χ4v) is 3.93. The summed E-state index contributed by atoms with van der Waals surface area (Å²) in [5.74, 6) is -4.74. The van der Waals surface area contributed by atoms with Crippen molar-refractivity contribution >= 4 is 28.9 Å². The number of nitrogens with zero attached hydrogens (tertiary/aromatic N) is 6. The Morgan fingerprint density at radius 1 is 1.00 bits per heavy atom. The predicted molar refractivity (Wildman–Crippen MR) is 124 cm³/mol. The van der Waals surface area contributed by atoms with Crippen LogP contribution in [0.3, 0.4) is 0 Å². The number of rotatable bonds is 6. The Balaban J connectivity index is 1.37. The highest BCUT2D eigenvalue weighted by Crippen LogP contribution is 2.34. The van der Waals surface area contributed by atoms with E-state index in [0.717, 1.165) is 18.9 Å². The van der Waals surface area contributed by atoms with Gasteiger partial charge < -0.3 is 11.1 Å². The molecule has 0 radical (unpaired) electrons. The molecule has 36 heavy (non-hydrogen) atoms. The third kappa shape index (κ3) is 3.72. The van der Waals surface area contributed by atoms with E-state index in [-0.39, 0.29) is 23.3 Å². The van der Waals surface area contributed by atoms with Crippen molar-refractivity contribution in [1.82, 2.24) is 29.2 Å². The van der Waals surface area contributed by atoms with Crippen molar-refractivity contribution in [2.24, 2.45) is 11.7 Å². The normalized spacial score (nSPS) is 13.8. The number of alkyl halides is 2. The van der Waals surface area contributed by atoms with Gasteiger partial charge in [-0.1, -0.05) is 12.1 Å². The summed E-state index contributed by atoms with van der Waals surface area (Å²) in [6.07, 6.45) is 4.53. The van der Waals surface area contributed by atoms with E-state index in [1.807, 2.05) is 0 Å². The second kappa shape index (κ2) is 7.90. The number of hydrogen-bond donors (Lipinski definition) is 2. The third-order valence-electron chi connectivity index (χ3n) is 6.00. The lowest BCUT2D eigenvalue weighted by Gasteiger charge is -2.14. The monoisotopic (exact) mass is 488 g/mol. The molecule has 2 amide bonds. The molecule has 3 N–H and O–H groups in total. The van der Waals surface area contributed by atoms with Crippen molar-refractivity contribution in [3.8, 4) is 11.1 Å². The number of halogens is 2. The molecule has 1 fully saturated rings. The minimum Gasteiger partial charge on any atom is -0.366 e. The minimum atomic E-state index is -3.61. The van der Waals surface area contributed by atoms with E-state index < -0.39 is 23.3 Å². The first-order valence-corrected chi connectivity index (χ1v) is 11.1. The third-order valence-corrected chi connectivity index (χ3v) is 6.00. The lowest BCUT2D eigenvalue weighted by molar-refractivity contribution is -0.117. The Morgan fingerprint density at radius 3 is 2.58 bits per heavy atom. The van der Waals surface area contributed by atoms with Gasteiger partial charge in [-0.2, -0.15) is 13.9 Å². The van der Waals surface area contributed by atoms with Gasteiger partial charge in [0.05, 0.1) is 6.20 Å². The Labute approximate surface area is 201 Å². The number of carbonyl (C=O) groups excluding carboxylic acids is 2. The van der Waals surface area contributed by atoms with Crippen LogP contribution in [0.5, 0.6) is 0 Å². The van der Waals surface area contributed by atoms with Crippen molar-refractivity contribution in [1.29, 1.82) is 0 Å². The Bertz CT molecular complexity index is 1670. The summed E-state index contributed by atoms with van der Waals surface area (Å²) in [4.78, 5) is 27.8. The van der Waals surface area contributed by atoms with Gasteiger partial charge in [-0.3, -0.25) is 14.0 Å². The zero-order valence-electron chi connectivity index (χ0n) is 18.6. The molecule has 4 aromatic heterocycles. The van der Waals surface area contributed by atoms with E-state index >= 15 is 8.78 Å². The summed E-state index contributed by atoms with van der Waals surface area (Å²) < 4.78 is 33.7. The maximum Gasteiger partial charge on any atom is 0.350 e. The first-order chi connectivity index (χ1) is 17.3. The summed E-state index contributed by atoms with van der Waals surface area (Å²) >= 11 is 0. The van der Waals surface area contributed by atoms with Crippen molar-refractivity contribution in [3.63, 3.8) is 0 Å². The number of pyridine rings is 1. The molecule has 12 heteroatoms. The van der Waals surface area contributed by atoms with Crippen LogP contribution in [-0.4, -0.2) is 41.0 Å². The number of aromatic nitrogens is 6. The van der Waals surface area contributed by atoms with E-state index in [1.54, 1.807) is 36.4 Å². The van der Waals surface area contributed by atoms with E-state index in [2.05, 4.69) is 25.6 Å². The van der Waals surface area contributed by atoms with Crippen molar-refractivity contribution in [2.75, 3.05) is 5.32 Å². The van der Waals surface area contributed by atoms with Crippen LogP contribution in [0.2, 0.25) is 0 Å². The quantitative estimate of drug-likeness (QED) is 0.378. The van der Waals surface area contributed by atoms with Crippen molar-refractivity contribution in [3.05, 3.63) is 78.0 Å². The molecule has 1 saturated carbocycles. The average Bonchev–Trinajstić information content (AvgIpc) is 3.51. The van der Waals surface area contributed by atoms with Gasteiger partial charge in [0.2, 0.25) is 17.6 Å². The van der Waals surface area contributed by atoms with Gasteiger partial charge in [-0.15, -0.1) is 10.2 Å². The van der Waals surface area contributed by atoms with Gasteiger partial charge in [0.15, 0.2) is 17.1 Å². The number of primary amides is 1. The molecule has 0 atom stereocenters. The van der Waals surface area contributed by atoms with Crippen LogP contribution in [0.15, 0.2) is 60.9 Å². The van der Waals surface area contributed by atoms with Gasteiger partial charge >= 0.3 is 5.92 Å². The molecule has 1 aromatic carbocycles. The minimum absolute atomic E-state index is 0.0213. The van der Waals surface area contributed by atoms with Crippen LogP contribution in [0.1, 0.15) is 34.7 Å². The number of nitrogens with two attached hydrogens (primary N) is 1. The number of hydrogen-bond acceptors (Lipinski definition) is 6. The zero-order valence-corrected chi connectivity index (χ0v) is 18.6. The molecule has 180 valence electrons. The molecule has 1 aliphatic carbocycles. The fourth-order valence-electron chi connectivity index (χ4n) is 3.93. The van der Waals surface area contributed by atoms with E-state index in [9.17, 15) is 9.59 Å². The Kier molecular flexibility index (Phi) is 4.78. The summed E-state index contributed by atoms with van der Waals surface area (Å²) in [7, 11) is 0. The number of benzene rings is 1. The number of fused-ring (bicyclic) bond motifs is 2. The molecule has 0 aliphatic heterocycles. The molecule has 0 bridgehead atoms. The number of carbonyl (C=O) groups is 2. The van der Waals surface area contributed by atoms with Gasteiger partial charge in [-0.25, -0.2) is 9.50 Å². The number of anilines is 1. The molecular weight excluding hydrogens is 470 g/mol. The smallest absolute Gasteiger partial charge is 0.350 e. The molecule has 0 spiro atoms. The SMILES string of the molecule is NC(=O)c1cccc(-c2ccc3nnc(C(F)(F)c4ccc5nc(NC(=O)C6CC6)cn5n4)n3c2)c1. The summed E-state index contributed by atoms with van der Waals surface area (Å²) in [6, 6.07) is 12.4. The number of amides is 2. The Morgan fingerprint density at radius 2 is 1.81 bits per heavy atom. The highest BCUT2D eigenvalue weighted by atomic mass is 19.3. The molecule has 0 unspecified atom stereocenters. The van der Waals surface area contributed by atoms with Crippen molar-refractivity contribution in [2.45, 2.75) is 18.8 Å². The molecule has 0 saturated heterocycles. The maximum atomic E-state index is 15.7. The number of imidazole rings is 1. The first-order valence-electron chi connectivity index (χ1n) is 11.1. The second-order valence-corrected chi connectivity index (χ2v) is 8.60. The lowest BCUT2D eigenvalue weighted by atomic mass is 10.0. The molecule has 10 nitrogen and oxygen atoms in total. The largest absolute Gasteiger partial charge is 0.366 e. The van der Waals surface area contributed by atoms with E-state index in [4.69, 9.17) is 5.73 Å². The summed E-state index contributed by atoms with van der Waals surface area (Å²) in [6.45, 7) is 0. The highest BCUT2D eigenvalue weighted by Gasteiger charge is 2.41. The van der Waals surface area contributed by atoms with E-state index in [0.29, 0.717) is 22.3 Å². The Hall–Kier alpha value is -4.74. The molecule has 4 heterocycles. The lowest BCUT2D eigenvalue weighted by Crippen LogP contribution is -2.22. The maximum absolute atomic E-state index is 15.7.